The van der Waals surface area contributed by atoms with Gasteiger partial charge in [0.2, 0.25) is 0 Å². The molecule has 1 aromatic rings. The lowest BCUT2D eigenvalue weighted by Gasteiger charge is -2.45. The fraction of sp³-hybridized carbons (Fsp3) is 0.562. The highest BCUT2D eigenvalue weighted by atomic mass is 16.4. The van der Waals surface area contributed by atoms with Crippen LogP contribution in [0.4, 0.5) is 4.79 Å². The SMILES string of the molecule is CC(c1ccc(CO)cc1)N1C[C@H](C)N(C(=O)O)C[C@H]1C. The van der Waals surface area contributed by atoms with Crippen LogP contribution in [0.1, 0.15) is 37.9 Å². The summed E-state index contributed by atoms with van der Waals surface area (Å²) in [4.78, 5) is 15.1. The Morgan fingerprint density at radius 3 is 2.38 bits per heavy atom. The number of nitrogens with zero attached hydrogens (tertiary/aromatic N) is 2. The average molecular weight is 292 g/mol. The zero-order valence-corrected chi connectivity index (χ0v) is 12.9. The van der Waals surface area contributed by atoms with E-state index in [1.165, 1.54) is 10.5 Å². The van der Waals surface area contributed by atoms with Gasteiger partial charge in [-0.25, -0.2) is 4.79 Å². The van der Waals surface area contributed by atoms with E-state index in [1.807, 2.05) is 31.2 Å². The molecule has 5 heteroatoms. The van der Waals surface area contributed by atoms with E-state index in [2.05, 4.69) is 18.7 Å². The second-order valence-corrected chi connectivity index (χ2v) is 5.91. The zero-order valence-electron chi connectivity index (χ0n) is 12.9. The van der Waals surface area contributed by atoms with Crippen LogP contribution in [0, 0.1) is 0 Å². The van der Waals surface area contributed by atoms with E-state index in [0.29, 0.717) is 6.54 Å². The number of aliphatic hydroxyl groups is 1. The summed E-state index contributed by atoms with van der Waals surface area (Å²) in [5.41, 5.74) is 2.10. The van der Waals surface area contributed by atoms with Crippen LogP contribution >= 0.6 is 0 Å². The Hall–Kier alpha value is -1.59. The summed E-state index contributed by atoms with van der Waals surface area (Å²) in [6.07, 6.45) is -0.839. The molecule has 0 bridgehead atoms. The molecule has 1 aliphatic rings. The van der Waals surface area contributed by atoms with Crippen molar-refractivity contribution in [3.8, 4) is 0 Å². The summed E-state index contributed by atoms with van der Waals surface area (Å²) < 4.78 is 0. The van der Waals surface area contributed by atoms with Crippen LogP contribution in [-0.4, -0.2) is 51.3 Å². The first-order chi connectivity index (χ1) is 9.93. The van der Waals surface area contributed by atoms with Crippen LogP contribution in [-0.2, 0) is 6.61 Å². The van der Waals surface area contributed by atoms with Gasteiger partial charge in [-0.05, 0) is 31.9 Å². The molecule has 2 rings (SSSR count). The second kappa shape index (κ2) is 6.45. The molecule has 1 unspecified atom stereocenters. The van der Waals surface area contributed by atoms with Crippen molar-refractivity contribution in [1.29, 1.82) is 0 Å². The van der Waals surface area contributed by atoms with Crippen LogP contribution in [0.3, 0.4) is 0 Å². The molecule has 0 aliphatic carbocycles. The van der Waals surface area contributed by atoms with Crippen molar-refractivity contribution < 1.29 is 15.0 Å². The van der Waals surface area contributed by atoms with Crippen LogP contribution in [0.15, 0.2) is 24.3 Å². The number of carbonyl (C=O) groups is 1. The number of benzene rings is 1. The highest BCUT2D eigenvalue weighted by Crippen LogP contribution is 2.27. The molecular formula is C16H24N2O3. The molecule has 1 heterocycles. The van der Waals surface area contributed by atoms with Gasteiger partial charge < -0.3 is 15.1 Å². The van der Waals surface area contributed by atoms with E-state index in [4.69, 9.17) is 5.11 Å². The molecule has 21 heavy (non-hydrogen) atoms. The van der Waals surface area contributed by atoms with Crippen molar-refractivity contribution in [2.75, 3.05) is 13.1 Å². The van der Waals surface area contributed by atoms with E-state index in [9.17, 15) is 9.90 Å². The van der Waals surface area contributed by atoms with Crippen molar-refractivity contribution in [3.63, 3.8) is 0 Å². The average Bonchev–Trinajstić information content (AvgIpc) is 2.48. The Morgan fingerprint density at radius 1 is 1.24 bits per heavy atom. The predicted octanol–water partition coefficient (Wildman–Crippen LogP) is 2.31. The first-order valence-corrected chi connectivity index (χ1v) is 7.39. The Bertz CT molecular complexity index is 489. The van der Waals surface area contributed by atoms with E-state index in [1.54, 1.807) is 0 Å². The summed E-state index contributed by atoms with van der Waals surface area (Å²) in [5, 5.41) is 18.3. The molecular weight excluding hydrogens is 268 g/mol. The third kappa shape index (κ3) is 3.36. The maximum Gasteiger partial charge on any atom is 0.407 e. The number of hydrogen-bond donors (Lipinski definition) is 2. The maximum atomic E-state index is 11.2. The summed E-state index contributed by atoms with van der Waals surface area (Å²) in [6, 6.07) is 8.36. The third-order valence-corrected chi connectivity index (χ3v) is 4.42. The Labute approximate surface area is 125 Å². The first kappa shape index (κ1) is 15.8. The topological polar surface area (TPSA) is 64.0 Å². The minimum atomic E-state index is -0.839. The van der Waals surface area contributed by atoms with Gasteiger partial charge in [0.1, 0.15) is 0 Å². The molecule has 0 aromatic heterocycles. The quantitative estimate of drug-likeness (QED) is 0.897. The first-order valence-electron chi connectivity index (χ1n) is 7.39. The second-order valence-electron chi connectivity index (χ2n) is 5.91. The fourth-order valence-electron chi connectivity index (χ4n) is 3.05. The van der Waals surface area contributed by atoms with E-state index in [-0.39, 0.29) is 24.7 Å². The third-order valence-electron chi connectivity index (χ3n) is 4.42. The Morgan fingerprint density at radius 2 is 1.86 bits per heavy atom. The van der Waals surface area contributed by atoms with Crippen molar-refractivity contribution in [2.45, 2.75) is 45.5 Å². The van der Waals surface area contributed by atoms with E-state index >= 15 is 0 Å². The molecule has 0 radical (unpaired) electrons. The summed E-state index contributed by atoms with van der Waals surface area (Å²) in [7, 11) is 0. The van der Waals surface area contributed by atoms with Crippen LogP contribution < -0.4 is 0 Å². The van der Waals surface area contributed by atoms with E-state index < -0.39 is 6.09 Å². The van der Waals surface area contributed by atoms with Crippen molar-refractivity contribution >= 4 is 6.09 Å². The van der Waals surface area contributed by atoms with Crippen molar-refractivity contribution in [3.05, 3.63) is 35.4 Å². The highest BCUT2D eigenvalue weighted by Gasteiger charge is 2.34. The number of hydrogen-bond acceptors (Lipinski definition) is 3. The molecule has 0 saturated carbocycles. The lowest BCUT2D eigenvalue weighted by atomic mass is 10.0. The largest absolute Gasteiger partial charge is 0.465 e. The molecule has 116 valence electrons. The Kier molecular flexibility index (Phi) is 4.85. The smallest absolute Gasteiger partial charge is 0.407 e. The Balaban J connectivity index is 2.11. The summed E-state index contributed by atoms with van der Waals surface area (Å²) in [5.74, 6) is 0. The number of rotatable bonds is 3. The minimum Gasteiger partial charge on any atom is -0.465 e. The highest BCUT2D eigenvalue weighted by molar-refractivity contribution is 5.65. The molecule has 2 N–H and O–H groups in total. The van der Waals surface area contributed by atoms with Gasteiger partial charge in [-0.2, -0.15) is 0 Å². The molecule has 0 spiro atoms. The van der Waals surface area contributed by atoms with Crippen LogP contribution in [0.25, 0.3) is 0 Å². The van der Waals surface area contributed by atoms with Crippen LogP contribution in [0.2, 0.25) is 0 Å². The molecule has 3 atom stereocenters. The molecule has 1 amide bonds. The van der Waals surface area contributed by atoms with Gasteiger partial charge in [0.25, 0.3) is 0 Å². The van der Waals surface area contributed by atoms with Gasteiger partial charge in [0.05, 0.1) is 6.61 Å². The van der Waals surface area contributed by atoms with Gasteiger partial charge >= 0.3 is 6.09 Å². The molecule has 1 saturated heterocycles. The molecule has 1 aromatic carbocycles. The van der Waals surface area contributed by atoms with Crippen LogP contribution in [0.5, 0.6) is 0 Å². The summed E-state index contributed by atoms with van der Waals surface area (Å²) >= 11 is 0. The predicted molar refractivity (Wildman–Crippen MR) is 81.1 cm³/mol. The molecule has 1 aliphatic heterocycles. The normalized spacial score (nSPS) is 24.9. The van der Waals surface area contributed by atoms with Gasteiger partial charge in [-0.1, -0.05) is 24.3 Å². The lowest BCUT2D eigenvalue weighted by Crippen LogP contribution is -2.58. The van der Waals surface area contributed by atoms with Crippen molar-refractivity contribution in [1.82, 2.24) is 9.80 Å². The number of aliphatic hydroxyl groups excluding tert-OH is 1. The van der Waals surface area contributed by atoms with E-state index in [0.717, 1.165) is 12.1 Å². The number of amides is 1. The zero-order chi connectivity index (χ0) is 15.6. The van der Waals surface area contributed by atoms with Gasteiger partial charge in [-0.3, -0.25) is 4.90 Å². The fourth-order valence-corrected chi connectivity index (χ4v) is 3.05. The molecule has 5 nitrogen and oxygen atoms in total. The maximum absolute atomic E-state index is 11.2. The lowest BCUT2D eigenvalue weighted by molar-refractivity contribution is 0.0232. The van der Waals surface area contributed by atoms with Gasteiger partial charge in [0.15, 0.2) is 0 Å². The monoisotopic (exact) mass is 292 g/mol. The number of carboxylic acid groups (broad SMARTS) is 1. The standard InChI is InChI=1S/C16H24N2O3/c1-11-9-18(16(20)21)12(2)8-17(11)13(3)15-6-4-14(10-19)5-7-15/h4-7,11-13,19H,8-10H2,1-3H3,(H,20,21)/t11-,12+,13?/m1/s1. The van der Waals surface area contributed by atoms with Crippen molar-refractivity contribution in [2.24, 2.45) is 0 Å². The summed E-state index contributed by atoms with van der Waals surface area (Å²) in [6.45, 7) is 7.49. The van der Waals surface area contributed by atoms with Gasteiger partial charge in [-0.15, -0.1) is 0 Å². The molecule has 1 fully saturated rings. The number of piperazine rings is 1. The van der Waals surface area contributed by atoms with Gasteiger partial charge in [0, 0.05) is 31.2 Å². The minimum absolute atomic E-state index is 0.00198.